The molecule has 0 radical (unpaired) electrons. The zero-order chi connectivity index (χ0) is 49.9. The van der Waals surface area contributed by atoms with E-state index >= 15 is 0 Å². The van der Waals surface area contributed by atoms with E-state index in [1.54, 1.807) is 0 Å². The number of aliphatic hydroxyl groups excluding tert-OH is 1. The van der Waals surface area contributed by atoms with Gasteiger partial charge in [-0.25, -0.2) is 9.36 Å². The van der Waals surface area contributed by atoms with Crippen molar-refractivity contribution >= 4 is 25.7 Å². The minimum Gasteiger partial charge on any atom is -0.480 e. The molecule has 0 saturated heterocycles. The Morgan fingerprint density at radius 1 is 0.471 bits per heavy atom. The van der Waals surface area contributed by atoms with E-state index in [4.69, 9.17) is 13.8 Å². The molecule has 3 unspecified atom stereocenters. The number of hydrogen-bond acceptors (Lipinski definition) is 8. The number of carboxylic acids is 1. The highest BCUT2D eigenvalue weighted by atomic mass is 31.2. The molecule has 0 aliphatic heterocycles. The van der Waals surface area contributed by atoms with Crippen molar-refractivity contribution in [1.82, 2.24) is 5.32 Å². The van der Waals surface area contributed by atoms with Crippen LogP contribution in [-0.4, -0.2) is 64.9 Å². The summed E-state index contributed by atoms with van der Waals surface area (Å²) < 4.78 is 27.0. The molecule has 0 aromatic heterocycles. The largest absolute Gasteiger partial charge is 0.480 e. The van der Waals surface area contributed by atoms with Crippen LogP contribution in [0.5, 0.6) is 0 Å². The van der Waals surface area contributed by atoms with Gasteiger partial charge in [0, 0.05) is 12.8 Å². The second-order valence-electron chi connectivity index (χ2n) is 18.8. The molecule has 11 nitrogen and oxygen atoms in total. The van der Waals surface area contributed by atoms with Crippen molar-refractivity contribution in [2.75, 3.05) is 19.8 Å². The zero-order valence-corrected chi connectivity index (χ0v) is 44.3. The number of nitrogens with one attached hydrogen (secondary N) is 1. The summed E-state index contributed by atoms with van der Waals surface area (Å²) in [5, 5.41) is 22.0. The maximum absolute atomic E-state index is 12.4. The van der Waals surface area contributed by atoms with Gasteiger partial charge in [-0.2, -0.15) is 0 Å². The summed E-state index contributed by atoms with van der Waals surface area (Å²) in [5.74, 6) is -2.37. The monoisotopic (exact) mass is 980 g/mol. The van der Waals surface area contributed by atoms with E-state index < -0.39 is 57.6 Å². The Bertz CT molecular complexity index is 1330. The Labute approximate surface area is 415 Å². The number of carbonyl (C=O) groups excluding carboxylic acids is 2. The normalized spacial score (nSPS) is 13.8. The quantitative estimate of drug-likeness (QED) is 0.0199. The van der Waals surface area contributed by atoms with Crippen LogP contribution in [0.15, 0.2) is 48.6 Å². The third kappa shape index (κ3) is 49.8. The molecule has 3 atom stereocenters. The Morgan fingerprint density at radius 3 is 1.25 bits per heavy atom. The Kier molecular flexibility index (Phi) is 48.9. The average molecular weight is 980 g/mol. The fraction of sp³-hybridized carbons (Fsp3) is 0.804. The summed E-state index contributed by atoms with van der Waals surface area (Å²) in [5.41, 5.74) is 0. The van der Waals surface area contributed by atoms with E-state index in [1.807, 2.05) is 0 Å². The van der Waals surface area contributed by atoms with Crippen LogP contribution >= 0.6 is 7.82 Å². The van der Waals surface area contributed by atoms with Gasteiger partial charge in [0.05, 0.1) is 13.2 Å². The summed E-state index contributed by atoms with van der Waals surface area (Å²) in [6, 6.07) is -1.55. The number of aliphatic hydroxyl groups is 1. The second kappa shape index (κ2) is 50.8. The third-order valence-electron chi connectivity index (χ3n) is 12.1. The minimum atomic E-state index is -4.77. The van der Waals surface area contributed by atoms with E-state index in [2.05, 4.69) is 67.8 Å². The van der Waals surface area contributed by atoms with Crippen LogP contribution < -0.4 is 5.32 Å². The molecule has 1 amide bonds. The van der Waals surface area contributed by atoms with Gasteiger partial charge in [0.25, 0.3) is 0 Å². The Morgan fingerprint density at radius 2 is 0.809 bits per heavy atom. The maximum atomic E-state index is 12.4. The minimum absolute atomic E-state index is 0.146. The number of aliphatic carboxylic acids is 1. The van der Waals surface area contributed by atoms with Crippen LogP contribution in [0.25, 0.3) is 0 Å². The summed E-state index contributed by atoms with van der Waals surface area (Å²) in [7, 11) is -4.77. The van der Waals surface area contributed by atoms with Gasteiger partial charge in [0.15, 0.2) is 6.04 Å². The molecule has 0 aliphatic carbocycles. The number of allylic oxidation sites excluding steroid dienone is 8. The standard InChI is InChI=1S/C56H102NO10P/c1-3-5-7-9-11-13-15-17-19-21-23-25-26-28-29-31-33-35-37-39-41-43-45-47-54(59)57-53(56(61)62)51-67-68(63,64)66-50-52(58)49-65-55(60)48-46-44-42-40-38-36-34-32-30-27-24-22-20-18-16-14-12-10-8-6-4-2/h12,14,17-20,24,27,52-53,58H,3-11,13,15-16,21-23,25-26,28-51H2,1-2H3,(H,57,59)(H,61,62)(H,63,64)/b14-12-,19-17+,20-18-,27-24-. The number of ether oxygens (including phenoxy) is 1. The molecule has 396 valence electrons. The molecule has 0 rings (SSSR count). The van der Waals surface area contributed by atoms with Crippen LogP contribution in [0.3, 0.4) is 0 Å². The fourth-order valence-corrected chi connectivity index (χ4v) is 8.56. The van der Waals surface area contributed by atoms with Crippen molar-refractivity contribution in [3.8, 4) is 0 Å². The van der Waals surface area contributed by atoms with E-state index in [9.17, 15) is 34.1 Å². The SMILES string of the molecule is CCCCC/C=C\C/C=C\C/C=C\CCCCCCCCCCC(=O)OCC(O)COP(=O)(O)OCC(NC(=O)CCCCCCCCCCCCCCC/C=C/CCCCCCCC)C(=O)O. The van der Waals surface area contributed by atoms with Crippen LogP contribution in [0.1, 0.15) is 258 Å². The number of carbonyl (C=O) groups is 3. The maximum Gasteiger partial charge on any atom is 0.472 e. The van der Waals surface area contributed by atoms with Crippen molar-refractivity contribution in [3.05, 3.63) is 48.6 Å². The lowest BCUT2D eigenvalue weighted by atomic mass is 10.0. The molecule has 0 aromatic rings. The predicted octanol–water partition coefficient (Wildman–Crippen LogP) is 15.7. The topological polar surface area (TPSA) is 169 Å². The molecule has 0 bridgehead atoms. The lowest BCUT2D eigenvalue weighted by Crippen LogP contribution is -2.43. The van der Waals surface area contributed by atoms with E-state index in [-0.39, 0.29) is 12.8 Å². The van der Waals surface area contributed by atoms with Gasteiger partial charge in [-0.3, -0.25) is 18.6 Å². The lowest BCUT2D eigenvalue weighted by Gasteiger charge is -2.18. The van der Waals surface area contributed by atoms with E-state index in [1.165, 1.54) is 161 Å². The first-order valence-electron chi connectivity index (χ1n) is 27.7. The van der Waals surface area contributed by atoms with Gasteiger partial charge in [-0.1, -0.05) is 217 Å². The van der Waals surface area contributed by atoms with E-state index in [0.29, 0.717) is 12.8 Å². The molecule has 0 saturated carbocycles. The van der Waals surface area contributed by atoms with Gasteiger partial charge in [0.1, 0.15) is 12.7 Å². The number of amides is 1. The Balaban J connectivity index is 3.80. The molecular formula is C56H102NO10P. The molecular weight excluding hydrogens is 878 g/mol. The van der Waals surface area contributed by atoms with Crippen LogP contribution in [0.4, 0.5) is 0 Å². The smallest absolute Gasteiger partial charge is 0.472 e. The molecule has 68 heavy (non-hydrogen) atoms. The van der Waals surface area contributed by atoms with Gasteiger partial charge >= 0.3 is 19.8 Å². The number of phosphoric acid groups is 1. The molecule has 4 N–H and O–H groups in total. The van der Waals surface area contributed by atoms with Crippen LogP contribution in [-0.2, 0) is 32.7 Å². The number of esters is 1. The van der Waals surface area contributed by atoms with Crippen molar-refractivity contribution in [1.29, 1.82) is 0 Å². The first-order chi connectivity index (χ1) is 33.1. The fourth-order valence-electron chi connectivity index (χ4n) is 7.79. The number of carboxylic acid groups (broad SMARTS) is 1. The summed E-state index contributed by atoms with van der Waals surface area (Å²) >= 11 is 0. The molecule has 0 heterocycles. The number of rotatable bonds is 52. The first-order valence-corrected chi connectivity index (χ1v) is 29.2. The highest BCUT2D eigenvalue weighted by molar-refractivity contribution is 7.47. The Hall–Kier alpha value is -2.56. The van der Waals surface area contributed by atoms with E-state index in [0.717, 1.165) is 57.8 Å². The third-order valence-corrected chi connectivity index (χ3v) is 13.0. The second-order valence-corrected chi connectivity index (χ2v) is 20.2. The molecule has 0 spiro atoms. The first kappa shape index (κ1) is 65.4. The van der Waals surface area contributed by atoms with Crippen molar-refractivity contribution in [2.45, 2.75) is 270 Å². The van der Waals surface area contributed by atoms with Crippen molar-refractivity contribution < 1.29 is 47.8 Å². The average Bonchev–Trinajstić information content (AvgIpc) is 3.32. The van der Waals surface area contributed by atoms with Gasteiger partial charge in [-0.15, -0.1) is 0 Å². The van der Waals surface area contributed by atoms with Gasteiger partial charge in [-0.05, 0) is 77.0 Å². The van der Waals surface area contributed by atoms with Crippen LogP contribution in [0.2, 0.25) is 0 Å². The zero-order valence-electron chi connectivity index (χ0n) is 43.4. The molecule has 12 heteroatoms. The summed E-state index contributed by atoms with van der Waals surface area (Å²) in [6.45, 7) is 2.60. The van der Waals surface area contributed by atoms with Crippen molar-refractivity contribution in [3.63, 3.8) is 0 Å². The number of unbranched alkanes of at least 4 members (excludes halogenated alkanes) is 30. The number of phosphoric ester groups is 1. The van der Waals surface area contributed by atoms with Gasteiger partial charge < -0.3 is 25.2 Å². The van der Waals surface area contributed by atoms with Crippen molar-refractivity contribution in [2.24, 2.45) is 0 Å². The van der Waals surface area contributed by atoms with Crippen LogP contribution in [0, 0.1) is 0 Å². The molecule has 0 aromatic carbocycles. The summed E-state index contributed by atoms with van der Waals surface area (Å²) in [6.07, 6.45) is 59.9. The molecule has 0 aliphatic rings. The predicted molar refractivity (Wildman–Crippen MR) is 282 cm³/mol. The summed E-state index contributed by atoms with van der Waals surface area (Å²) in [4.78, 5) is 46.2. The highest BCUT2D eigenvalue weighted by Crippen LogP contribution is 2.43. The molecule has 0 fully saturated rings. The van der Waals surface area contributed by atoms with Gasteiger partial charge in [0.2, 0.25) is 5.91 Å². The lowest BCUT2D eigenvalue weighted by molar-refractivity contribution is -0.147. The highest BCUT2D eigenvalue weighted by Gasteiger charge is 2.28. The number of hydrogen-bond donors (Lipinski definition) is 4.